The summed E-state index contributed by atoms with van der Waals surface area (Å²) in [6, 6.07) is 12.1. The molecule has 126 valence electrons. The molecule has 0 spiro atoms. The summed E-state index contributed by atoms with van der Waals surface area (Å²) in [7, 11) is 0. The fraction of sp³-hybridized carbons (Fsp3) is 0.333. The highest BCUT2D eigenvalue weighted by atomic mass is 79.9. The summed E-state index contributed by atoms with van der Waals surface area (Å²) in [4.78, 5) is 13.9. The standard InChI is InChI=1S/C18H20Br2N4/c1-18(2)23(12-14-6-3-8-16(19)21-14)10-5-11-24(18)13-15-7-4-9-17(20)22-15/h3-10H,11-13H2,1-2H3. The molecule has 0 amide bonds. The molecule has 0 fully saturated rings. The van der Waals surface area contributed by atoms with Gasteiger partial charge in [0.25, 0.3) is 0 Å². The predicted molar refractivity (Wildman–Crippen MR) is 103 cm³/mol. The molecule has 0 radical (unpaired) electrons. The van der Waals surface area contributed by atoms with Crippen molar-refractivity contribution in [2.75, 3.05) is 6.54 Å². The number of nitrogens with zero attached hydrogens (tertiary/aromatic N) is 4. The minimum Gasteiger partial charge on any atom is -0.354 e. The third-order valence-electron chi connectivity index (χ3n) is 4.32. The number of halogens is 2. The molecule has 0 N–H and O–H groups in total. The van der Waals surface area contributed by atoms with Gasteiger partial charge in [-0.15, -0.1) is 0 Å². The molecule has 4 nitrogen and oxygen atoms in total. The molecule has 2 aromatic heterocycles. The SMILES string of the molecule is CC1(C)N(Cc2cccc(Br)n2)C=CCN1Cc1cccc(Br)n1. The molecule has 0 atom stereocenters. The zero-order chi connectivity index (χ0) is 17.2. The Morgan fingerprint density at radius 2 is 1.54 bits per heavy atom. The van der Waals surface area contributed by atoms with Gasteiger partial charge in [0.1, 0.15) is 9.21 Å². The lowest BCUT2D eigenvalue weighted by molar-refractivity contribution is -0.0182. The third-order valence-corrected chi connectivity index (χ3v) is 5.20. The second-order valence-corrected chi connectivity index (χ2v) is 7.92. The van der Waals surface area contributed by atoms with Gasteiger partial charge in [0, 0.05) is 13.1 Å². The summed E-state index contributed by atoms with van der Waals surface area (Å²) in [6.45, 7) is 6.97. The fourth-order valence-electron chi connectivity index (χ4n) is 2.84. The van der Waals surface area contributed by atoms with E-state index in [1.807, 2.05) is 24.3 Å². The second-order valence-electron chi connectivity index (χ2n) is 6.29. The maximum absolute atomic E-state index is 4.57. The van der Waals surface area contributed by atoms with Crippen molar-refractivity contribution in [3.8, 4) is 0 Å². The quantitative estimate of drug-likeness (QED) is 0.637. The summed E-state index contributed by atoms with van der Waals surface area (Å²) in [6.07, 6.45) is 4.37. The van der Waals surface area contributed by atoms with E-state index in [2.05, 4.69) is 89.9 Å². The molecule has 3 rings (SSSR count). The smallest absolute Gasteiger partial charge is 0.106 e. The van der Waals surface area contributed by atoms with Crippen LogP contribution in [-0.2, 0) is 13.1 Å². The van der Waals surface area contributed by atoms with Crippen molar-refractivity contribution in [1.29, 1.82) is 0 Å². The molecule has 1 aliphatic heterocycles. The van der Waals surface area contributed by atoms with Gasteiger partial charge in [0.05, 0.1) is 23.6 Å². The van der Waals surface area contributed by atoms with Gasteiger partial charge in [0.15, 0.2) is 0 Å². The molecule has 2 aromatic rings. The van der Waals surface area contributed by atoms with Crippen molar-refractivity contribution < 1.29 is 0 Å². The van der Waals surface area contributed by atoms with Crippen LogP contribution in [0.4, 0.5) is 0 Å². The average molecular weight is 452 g/mol. The van der Waals surface area contributed by atoms with E-state index in [0.29, 0.717) is 0 Å². The van der Waals surface area contributed by atoms with E-state index in [1.165, 1.54) is 0 Å². The molecule has 24 heavy (non-hydrogen) atoms. The number of hydrogen-bond donors (Lipinski definition) is 0. The Morgan fingerprint density at radius 3 is 2.12 bits per heavy atom. The number of rotatable bonds is 4. The van der Waals surface area contributed by atoms with E-state index < -0.39 is 0 Å². The van der Waals surface area contributed by atoms with Gasteiger partial charge < -0.3 is 4.90 Å². The van der Waals surface area contributed by atoms with E-state index in [-0.39, 0.29) is 5.66 Å². The summed E-state index contributed by atoms with van der Waals surface area (Å²) in [5.41, 5.74) is 1.99. The van der Waals surface area contributed by atoms with Gasteiger partial charge in [-0.3, -0.25) is 4.90 Å². The van der Waals surface area contributed by atoms with Gasteiger partial charge in [-0.25, -0.2) is 9.97 Å². The van der Waals surface area contributed by atoms with Crippen LogP contribution < -0.4 is 0 Å². The number of aromatic nitrogens is 2. The van der Waals surface area contributed by atoms with Crippen LogP contribution in [0, 0.1) is 0 Å². The van der Waals surface area contributed by atoms with Crippen LogP contribution in [-0.4, -0.2) is 32.0 Å². The topological polar surface area (TPSA) is 32.3 Å². The van der Waals surface area contributed by atoms with Crippen LogP contribution in [0.3, 0.4) is 0 Å². The molecule has 0 bridgehead atoms. The van der Waals surface area contributed by atoms with E-state index in [0.717, 1.165) is 40.2 Å². The Balaban J connectivity index is 1.77. The normalized spacial score (nSPS) is 17.2. The summed E-state index contributed by atoms with van der Waals surface area (Å²) in [5, 5.41) is 0. The third kappa shape index (κ3) is 4.05. The zero-order valence-corrected chi connectivity index (χ0v) is 17.0. The molecule has 1 aliphatic rings. The molecule has 0 saturated carbocycles. The van der Waals surface area contributed by atoms with E-state index >= 15 is 0 Å². The highest BCUT2D eigenvalue weighted by Gasteiger charge is 2.34. The molecule has 0 unspecified atom stereocenters. The van der Waals surface area contributed by atoms with E-state index in [4.69, 9.17) is 0 Å². The van der Waals surface area contributed by atoms with Crippen LogP contribution in [0.25, 0.3) is 0 Å². The van der Waals surface area contributed by atoms with Crippen molar-refractivity contribution in [2.24, 2.45) is 0 Å². The maximum Gasteiger partial charge on any atom is 0.106 e. The molecular weight excluding hydrogens is 432 g/mol. The summed E-state index contributed by atoms with van der Waals surface area (Å²) >= 11 is 6.90. The first-order chi connectivity index (χ1) is 11.4. The molecule has 3 heterocycles. The van der Waals surface area contributed by atoms with Gasteiger partial charge >= 0.3 is 0 Å². The Morgan fingerprint density at radius 1 is 0.958 bits per heavy atom. The summed E-state index contributed by atoms with van der Waals surface area (Å²) in [5.74, 6) is 0. The monoisotopic (exact) mass is 450 g/mol. The minimum atomic E-state index is -0.122. The molecule has 0 aromatic carbocycles. The lowest BCUT2D eigenvalue weighted by Gasteiger charge is -2.48. The molecular formula is C18H20Br2N4. The first kappa shape index (κ1) is 17.6. The van der Waals surface area contributed by atoms with Crippen molar-refractivity contribution in [3.63, 3.8) is 0 Å². The number of pyridine rings is 2. The van der Waals surface area contributed by atoms with Crippen LogP contribution in [0.2, 0.25) is 0 Å². The Kier molecular flexibility index (Phi) is 5.37. The van der Waals surface area contributed by atoms with Crippen molar-refractivity contribution >= 4 is 31.9 Å². The van der Waals surface area contributed by atoms with E-state index in [9.17, 15) is 0 Å². The Labute approximate surface area is 159 Å². The van der Waals surface area contributed by atoms with Crippen molar-refractivity contribution in [2.45, 2.75) is 32.6 Å². The molecule has 6 heteroatoms. The highest BCUT2D eigenvalue weighted by molar-refractivity contribution is 9.10. The first-order valence-electron chi connectivity index (χ1n) is 7.86. The predicted octanol–water partition coefficient (Wildman–Crippen LogP) is 4.57. The van der Waals surface area contributed by atoms with Gasteiger partial charge in [0.2, 0.25) is 0 Å². The number of hydrogen-bond acceptors (Lipinski definition) is 4. The second kappa shape index (κ2) is 7.33. The van der Waals surface area contributed by atoms with Gasteiger partial charge in [-0.05, 0) is 76.2 Å². The van der Waals surface area contributed by atoms with Crippen LogP contribution >= 0.6 is 31.9 Å². The van der Waals surface area contributed by atoms with Crippen LogP contribution in [0.15, 0.2) is 57.9 Å². The Hall–Kier alpha value is -1.24. The van der Waals surface area contributed by atoms with Gasteiger partial charge in [-0.2, -0.15) is 0 Å². The molecule has 0 aliphatic carbocycles. The lowest BCUT2D eigenvalue weighted by Crippen LogP contribution is -2.56. The zero-order valence-electron chi connectivity index (χ0n) is 13.8. The Bertz CT molecular complexity index is 745. The summed E-state index contributed by atoms with van der Waals surface area (Å²) < 4.78 is 1.74. The largest absolute Gasteiger partial charge is 0.354 e. The highest BCUT2D eigenvalue weighted by Crippen LogP contribution is 2.28. The van der Waals surface area contributed by atoms with Crippen LogP contribution in [0.1, 0.15) is 25.2 Å². The maximum atomic E-state index is 4.57. The first-order valence-corrected chi connectivity index (χ1v) is 9.45. The van der Waals surface area contributed by atoms with Crippen molar-refractivity contribution in [1.82, 2.24) is 19.8 Å². The average Bonchev–Trinajstić information content (AvgIpc) is 2.52. The molecule has 0 saturated heterocycles. The van der Waals surface area contributed by atoms with Crippen LogP contribution in [0.5, 0.6) is 0 Å². The van der Waals surface area contributed by atoms with Gasteiger partial charge in [-0.1, -0.05) is 18.2 Å². The fourth-order valence-corrected chi connectivity index (χ4v) is 3.60. The van der Waals surface area contributed by atoms with Crippen molar-refractivity contribution in [3.05, 3.63) is 69.3 Å². The van der Waals surface area contributed by atoms with E-state index in [1.54, 1.807) is 0 Å². The lowest BCUT2D eigenvalue weighted by atomic mass is 10.1. The minimum absolute atomic E-state index is 0.122.